The van der Waals surface area contributed by atoms with Crippen molar-refractivity contribution in [2.75, 3.05) is 6.61 Å². The summed E-state index contributed by atoms with van der Waals surface area (Å²) in [6.07, 6.45) is 0. The Kier molecular flexibility index (Phi) is 2.36. The zero-order valence-electron chi connectivity index (χ0n) is 6.16. The Morgan fingerprint density at radius 1 is 1.73 bits per heavy atom. The third-order valence-corrected chi connectivity index (χ3v) is 1.10. The molecular weight excluding hydrogens is 143 g/mol. The highest BCUT2D eigenvalue weighted by Crippen LogP contribution is 1.99. The summed E-state index contributed by atoms with van der Waals surface area (Å²) in [5.41, 5.74) is 0.216. The van der Waals surface area contributed by atoms with Crippen LogP contribution in [0.2, 0.25) is 0 Å². The molecule has 1 aromatic rings. The van der Waals surface area contributed by atoms with Crippen LogP contribution in [0.15, 0.2) is 16.5 Å². The van der Waals surface area contributed by atoms with Crippen LogP contribution in [0.3, 0.4) is 0 Å². The van der Waals surface area contributed by atoms with E-state index in [-0.39, 0.29) is 11.4 Å². The summed E-state index contributed by atoms with van der Waals surface area (Å²) in [4.78, 5) is 10.9. The summed E-state index contributed by atoms with van der Waals surface area (Å²) in [5, 5.41) is 0. The van der Waals surface area contributed by atoms with E-state index in [1.165, 1.54) is 12.1 Å². The smallest absolute Gasteiger partial charge is 0.374 e. The van der Waals surface area contributed by atoms with Gasteiger partial charge in [-0.1, -0.05) is 0 Å². The van der Waals surface area contributed by atoms with Crippen LogP contribution >= 0.6 is 0 Å². The molecule has 56 valence electrons. The molecule has 0 N–H and O–H groups in total. The van der Waals surface area contributed by atoms with Gasteiger partial charge in [-0.2, -0.15) is 0 Å². The van der Waals surface area contributed by atoms with Gasteiger partial charge in [0.2, 0.25) is 5.76 Å². The van der Waals surface area contributed by atoms with Crippen LogP contribution in [0.4, 0.5) is 0 Å². The predicted octanol–water partition coefficient (Wildman–Crippen LogP) is 0.250. The molecule has 0 aliphatic carbocycles. The molecule has 1 rings (SSSR count). The van der Waals surface area contributed by atoms with Crippen LogP contribution in [0, 0.1) is 0 Å². The lowest BCUT2D eigenvalue weighted by Gasteiger charge is -1.95. The fraction of sp³-hybridized carbons (Fsp3) is 0.286. The molecule has 2 radical (unpaired) electrons. The van der Waals surface area contributed by atoms with Crippen molar-refractivity contribution in [2.24, 2.45) is 0 Å². The van der Waals surface area contributed by atoms with E-state index in [1.807, 2.05) is 0 Å². The van der Waals surface area contributed by atoms with Crippen molar-refractivity contribution >= 4 is 19.5 Å². The van der Waals surface area contributed by atoms with Gasteiger partial charge < -0.3 is 9.15 Å². The van der Waals surface area contributed by atoms with Crippen molar-refractivity contribution in [1.82, 2.24) is 0 Å². The number of hydrogen-bond acceptors (Lipinski definition) is 3. The lowest BCUT2D eigenvalue weighted by molar-refractivity contribution is 0.0492. The fourth-order valence-electron chi connectivity index (χ4n) is 0.665. The quantitative estimate of drug-likeness (QED) is 0.448. The number of esters is 1. The van der Waals surface area contributed by atoms with E-state index >= 15 is 0 Å². The highest BCUT2D eigenvalue weighted by Gasteiger charge is 2.09. The largest absolute Gasteiger partial charge is 0.466 e. The zero-order chi connectivity index (χ0) is 8.27. The lowest BCUT2D eigenvalue weighted by Crippen LogP contribution is -2.04. The molecule has 0 bridgehead atoms. The number of carbonyl (C=O) groups excluding carboxylic acids is 1. The molecule has 0 aliphatic heterocycles. The Bertz CT molecular complexity index is 254. The summed E-state index contributed by atoms with van der Waals surface area (Å²) in [6.45, 7) is 2.06. The third kappa shape index (κ3) is 1.87. The monoisotopic (exact) mass is 150 g/mol. The van der Waals surface area contributed by atoms with E-state index in [0.29, 0.717) is 6.61 Å². The van der Waals surface area contributed by atoms with Crippen molar-refractivity contribution in [1.29, 1.82) is 0 Å². The maximum Gasteiger partial charge on any atom is 0.374 e. The summed E-state index contributed by atoms with van der Waals surface area (Å²) in [5.74, 6) is -0.339. The van der Waals surface area contributed by atoms with E-state index in [4.69, 9.17) is 12.3 Å². The molecule has 0 saturated carbocycles. The van der Waals surface area contributed by atoms with Crippen molar-refractivity contribution in [2.45, 2.75) is 6.92 Å². The highest BCUT2D eigenvalue weighted by atomic mass is 16.5. The Labute approximate surface area is 65.7 Å². The Balaban J connectivity index is 2.69. The molecule has 0 aliphatic rings. The second-order valence-electron chi connectivity index (χ2n) is 1.92. The van der Waals surface area contributed by atoms with Gasteiger partial charge >= 0.3 is 5.97 Å². The normalized spacial score (nSPS) is 9.55. The van der Waals surface area contributed by atoms with Gasteiger partial charge in [0.25, 0.3) is 0 Å². The van der Waals surface area contributed by atoms with Gasteiger partial charge in [0.1, 0.15) is 0 Å². The summed E-state index contributed by atoms with van der Waals surface area (Å²) in [6, 6.07) is 2.99. The minimum atomic E-state index is -0.482. The Morgan fingerprint density at radius 3 is 2.91 bits per heavy atom. The highest BCUT2D eigenvalue weighted by molar-refractivity contribution is 6.29. The van der Waals surface area contributed by atoms with Gasteiger partial charge in [-0.15, -0.1) is 0 Å². The van der Waals surface area contributed by atoms with E-state index in [2.05, 4.69) is 4.74 Å². The minimum Gasteiger partial charge on any atom is -0.466 e. The van der Waals surface area contributed by atoms with Crippen LogP contribution in [0.5, 0.6) is 0 Å². The molecule has 4 heteroatoms. The average molecular weight is 150 g/mol. The van der Waals surface area contributed by atoms with Crippen LogP contribution in [0.1, 0.15) is 17.5 Å². The van der Waals surface area contributed by atoms with Gasteiger partial charge in [-0.3, -0.25) is 0 Å². The first-order chi connectivity index (χ1) is 5.24. The van der Waals surface area contributed by atoms with Gasteiger partial charge in [0.15, 0.2) is 7.85 Å². The maximum absolute atomic E-state index is 10.9. The van der Waals surface area contributed by atoms with Crippen LogP contribution < -0.4 is 5.66 Å². The third-order valence-electron chi connectivity index (χ3n) is 1.10. The van der Waals surface area contributed by atoms with Crippen LogP contribution in [-0.2, 0) is 4.74 Å². The van der Waals surface area contributed by atoms with E-state index in [9.17, 15) is 4.79 Å². The van der Waals surface area contributed by atoms with Gasteiger partial charge in [0, 0.05) is 5.66 Å². The molecule has 0 amide bonds. The van der Waals surface area contributed by atoms with Gasteiger partial charge in [0.05, 0.1) is 6.61 Å². The van der Waals surface area contributed by atoms with Crippen molar-refractivity contribution in [3.05, 3.63) is 17.9 Å². The molecule has 0 fully saturated rings. The second kappa shape index (κ2) is 3.28. The van der Waals surface area contributed by atoms with Gasteiger partial charge in [-0.25, -0.2) is 4.79 Å². The second-order valence-corrected chi connectivity index (χ2v) is 1.92. The predicted molar refractivity (Wildman–Crippen MR) is 40.1 cm³/mol. The molecule has 3 nitrogen and oxygen atoms in total. The molecule has 0 spiro atoms. The van der Waals surface area contributed by atoms with Gasteiger partial charge in [-0.05, 0) is 19.1 Å². The first-order valence-corrected chi connectivity index (χ1v) is 3.26. The lowest BCUT2D eigenvalue weighted by atomic mass is 10.1. The number of hydrogen-bond donors (Lipinski definition) is 0. The summed E-state index contributed by atoms with van der Waals surface area (Å²) < 4.78 is 9.45. The molecule has 1 aromatic heterocycles. The molecule has 0 aromatic carbocycles. The first kappa shape index (κ1) is 7.92. The zero-order valence-corrected chi connectivity index (χ0v) is 6.16. The average Bonchev–Trinajstić information content (AvgIpc) is 2.36. The maximum atomic E-state index is 10.9. The minimum absolute atomic E-state index is 0.143. The molecule has 0 unspecified atom stereocenters. The van der Waals surface area contributed by atoms with E-state index < -0.39 is 5.97 Å². The number of carbonyl (C=O) groups is 1. The van der Waals surface area contributed by atoms with E-state index in [0.717, 1.165) is 0 Å². The number of ether oxygens (including phenoxy) is 1. The first-order valence-electron chi connectivity index (χ1n) is 3.26. The molecular formula is C7H7BO3. The van der Waals surface area contributed by atoms with Crippen molar-refractivity contribution < 1.29 is 13.9 Å². The number of furan rings is 1. The standard InChI is InChI=1S/C7H7BO3/c1-2-10-7(9)5-3-4-6(8)11-5/h3-4H,2H2,1H3. The SMILES string of the molecule is [B]c1ccc(C(=O)OCC)o1. The van der Waals surface area contributed by atoms with E-state index in [1.54, 1.807) is 6.92 Å². The molecule has 0 saturated heterocycles. The fourth-order valence-corrected chi connectivity index (χ4v) is 0.665. The molecule has 11 heavy (non-hydrogen) atoms. The number of rotatable bonds is 2. The van der Waals surface area contributed by atoms with Crippen molar-refractivity contribution in [3.63, 3.8) is 0 Å². The van der Waals surface area contributed by atoms with Crippen molar-refractivity contribution in [3.8, 4) is 0 Å². The van der Waals surface area contributed by atoms with Crippen LogP contribution in [-0.4, -0.2) is 20.4 Å². The summed E-state index contributed by atoms with van der Waals surface area (Å²) in [7, 11) is 5.24. The Morgan fingerprint density at radius 2 is 2.45 bits per heavy atom. The molecule has 0 atom stereocenters. The van der Waals surface area contributed by atoms with Crippen LogP contribution in [0.25, 0.3) is 0 Å². The topological polar surface area (TPSA) is 39.4 Å². The molecule has 1 heterocycles. The summed E-state index contributed by atoms with van der Waals surface area (Å²) >= 11 is 0. The Hall–Kier alpha value is -1.19.